The van der Waals surface area contributed by atoms with Gasteiger partial charge in [0.1, 0.15) is 0 Å². The standard InChI is InChI=1S/C10H10BrNO4S/c11-6-1-2-8-9(3-6)17(15,16)5-7(12-8)4-10(13)14/h1-3,7,12H,4-5H2,(H,13,14). The zero-order valence-electron chi connectivity index (χ0n) is 8.68. The van der Waals surface area contributed by atoms with Crippen molar-refractivity contribution in [2.75, 3.05) is 11.1 Å². The largest absolute Gasteiger partial charge is 0.481 e. The quantitative estimate of drug-likeness (QED) is 0.863. The number of rotatable bonds is 2. The van der Waals surface area contributed by atoms with E-state index in [0.29, 0.717) is 10.2 Å². The van der Waals surface area contributed by atoms with Crippen molar-refractivity contribution in [2.45, 2.75) is 17.4 Å². The van der Waals surface area contributed by atoms with Gasteiger partial charge in [-0.3, -0.25) is 4.79 Å². The minimum absolute atomic E-state index is 0.192. The van der Waals surface area contributed by atoms with Gasteiger partial charge in [0.2, 0.25) is 0 Å². The molecule has 1 aliphatic heterocycles. The van der Waals surface area contributed by atoms with Crippen LogP contribution in [0, 0.1) is 0 Å². The third-order valence-corrected chi connectivity index (χ3v) is 4.82. The molecule has 1 atom stereocenters. The zero-order chi connectivity index (χ0) is 12.6. The van der Waals surface area contributed by atoms with Gasteiger partial charge in [-0.25, -0.2) is 8.42 Å². The van der Waals surface area contributed by atoms with E-state index >= 15 is 0 Å². The molecule has 0 bridgehead atoms. The number of anilines is 1. The van der Waals surface area contributed by atoms with Crippen molar-refractivity contribution in [2.24, 2.45) is 0 Å². The van der Waals surface area contributed by atoms with E-state index < -0.39 is 21.8 Å². The molecule has 1 unspecified atom stereocenters. The third kappa shape index (κ3) is 2.61. The molecule has 0 aliphatic carbocycles. The van der Waals surface area contributed by atoms with Crippen molar-refractivity contribution >= 4 is 37.4 Å². The van der Waals surface area contributed by atoms with Crippen LogP contribution in [0.5, 0.6) is 0 Å². The topological polar surface area (TPSA) is 83.5 Å². The van der Waals surface area contributed by atoms with Crippen LogP contribution in [-0.2, 0) is 14.6 Å². The summed E-state index contributed by atoms with van der Waals surface area (Å²) in [6.45, 7) is 0. The molecule has 7 heteroatoms. The Morgan fingerprint density at radius 1 is 1.53 bits per heavy atom. The summed E-state index contributed by atoms with van der Waals surface area (Å²) >= 11 is 3.21. The summed E-state index contributed by atoms with van der Waals surface area (Å²) in [6.07, 6.45) is -0.214. The Bertz CT molecular complexity index is 570. The number of carbonyl (C=O) groups is 1. The Morgan fingerprint density at radius 2 is 2.24 bits per heavy atom. The highest BCUT2D eigenvalue weighted by atomic mass is 79.9. The first-order valence-corrected chi connectivity index (χ1v) is 7.33. The normalized spacial score (nSPS) is 21.4. The van der Waals surface area contributed by atoms with Crippen LogP contribution in [0.1, 0.15) is 6.42 Å². The summed E-state index contributed by atoms with van der Waals surface area (Å²) in [5.41, 5.74) is 0.464. The predicted octanol–water partition coefficient (Wildman–Crippen LogP) is 1.49. The van der Waals surface area contributed by atoms with Gasteiger partial charge in [-0.15, -0.1) is 0 Å². The molecule has 0 aromatic heterocycles. The molecule has 0 spiro atoms. The molecule has 2 rings (SSSR count). The minimum atomic E-state index is -3.42. The lowest BCUT2D eigenvalue weighted by molar-refractivity contribution is -0.137. The van der Waals surface area contributed by atoms with Gasteiger partial charge in [-0.1, -0.05) is 15.9 Å². The number of carboxylic acids is 1. The summed E-state index contributed by atoms with van der Waals surface area (Å²) in [7, 11) is -3.42. The monoisotopic (exact) mass is 319 g/mol. The summed E-state index contributed by atoms with van der Waals surface area (Å²) < 4.78 is 24.6. The average molecular weight is 320 g/mol. The fourth-order valence-electron chi connectivity index (χ4n) is 1.81. The van der Waals surface area contributed by atoms with Crippen molar-refractivity contribution in [3.8, 4) is 0 Å². The second kappa shape index (κ2) is 4.30. The Morgan fingerprint density at radius 3 is 2.88 bits per heavy atom. The first kappa shape index (κ1) is 12.4. The molecule has 0 saturated carbocycles. The van der Waals surface area contributed by atoms with Crippen LogP contribution in [-0.4, -0.2) is 31.3 Å². The molecular formula is C10H10BrNO4S. The molecule has 1 aliphatic rings. The maximum Gasteiger partial charge on any atom is 0.305 e. The molecule has 1 aromatic carbocycles. The van der Waals surface area contributed by atoms with E-state index in [2.05, 4.69) is 21.2 Å². The SMILES string of the molecule is O=C(O)CC1CS(=O)(=O)c2cc(Br)ccc2N1. The number of carboxylic acid groups (broad SMARTS) is 1. The highest BCUT2D eigenvalue weighted by molar-refractivity contribution is 9.10. The maximum atomic E-state index is 12.0. The van der Waals surface area contributed by atoms with Crippen molar-refractivity contribution in [1.82, 2.24) is 0 Å². The summed E-state index contributed by atoms with van der Waals surface area (Å²) in [4.78, 5) is 10.8. The van der Waals surface area contributed by atoms with Crippen molar-refractivity contribution in [3.63, 3.8) is 0 Å². The molecule has 0 amide bonds. The van der Waals surface area contributed by atoms with Crippen LogP contribution >= 0.6 is 15.9 Å². The molecule has 92 valence electrons. The van der Waals surface area contributed by atoms with Gasteiger partial charge in [0.15, 0.2) is 9.84 Å². The van der Waals surface area contributed by atoms with Gasteiger partial charge < -0.3 is 10.4 Å². The van der Waals surface area contributed by atoms with E-state index in [-0.39, 0.29) is 17.1 Å². The summed E-state index contributed by atoms with van der Waals surface area (Å²) in [6, 6.07) is 4.29. The van der Waals surface area contributed by atoms with Gasteiger partial charge in [0, 0.05) is 4.47 Å². The lowest BCUT2D eigenvalue weighted by atomic mass is 10.2. The van der Waals surface area contributed by atoms with Crippen LogP contribution in [0.2, 0.25) is 0 Å². The van der Waals surface area contributed by atoms with E-state index in [1.165, 1.54) is 6.07 Å². The Kier molecular flexibility index (Phi) is 3.13. The Labute approximate surface area is 107 Å². The van der Waals surface area contributed by atoms with Crippen LogP contribution < -0.4 is 5.32 Å². The van der Waals surface area contributed by atoms with Crippen molar-refractivity contribution in [3.05, 3.63) is 22.7 Å². The Hall–Kier alpha value is -1.08. The van der Waals surface area contributed by atoms with Crippen LogP contribution in [0.3, 0.4) is 0 Å². The lowest BCUT2D eigenvalue weighted by Crippen LogP contribution is -2.35. The second-order valence-corrected chi connectivity index (χ2v) is 6.78. The number of halogens is 1. The minimum Gasteiger partial charge on any atom is -0.481 e. The number of fused-ring (bicyclic) bond motifs is 1. The zero-order valence-corrected chi connectivity index (χ0v) is 11.1. The second-order valence-electron chi connectivity index (χ2n) is 3.86. The third-order valence-electron chi connectivity index (χ3n) is 2.48. The average Bonchev–Trinajstić information content (AvgIpc) is 2.17. The van der Waals surface area contributed by atoms with Crippen LogP contribution in [0.25, 0.3) is 0 Å². The van der Waals surface area contributed by atoms with Gasteiger partial charge in [-0.05, 0) is 18.2 Å². The highest BCUT2D eigenvalue weighted by Gasteiger charge is 2.31. The maximum absolute atomic E-state index is 12.0. The fourth-order valence-corrected chi connectivity index (χ4v) is 4.00. The molecule has 17 heavy (non-hydrogen) atoms. The molecule has 1 aromatic rings. The number of aliphatic carboxylic acids is 1. The highest BCUT2D eigenvalue weighted by Crippen LogP contribution is 2.31. The van der Waals surface area contributed by atoms with Crippen LogP contribution in [0.15, 0.2) is 27.6 Å². The molecule has 0 saturated heterocycles. The number of hydrogen-bond acceptors (Lipinski definition) is 4. The van der Waals surface area contributed by atoms with Crippen molar-refractivity contribution < 1.29 is 18.3 Å². The first-order chi connectivity index (χ1) is 7.88. The van der Waals surface area contributed by atoms with E-state index in [1.54, 1.807) is 12.1 Å². The molecule has 1 heterocycles. The lowest BCUT2D eigenvalue weighted by Gasteiger charge is -2.25. The summed E-state index contributed by atoms with van der Waals surface area (Å²) in [5, 5.41) is 11.6. The number of nitrogens with one attached hydrogen (secondary N) is 1. The van der Waals surface area contributed by atoms with Crippen molar-refractivity contribution in [1.29, 1.82) is 0 Å². The van der Waals surface area contributed by atoms with Crippen LogP contribution in [0.4, 0.5) is 5.69 Å². The number of benzene rings is 1. The van der Waals surface area contributed by atoms with Gasteiger partial charge >= 0.3 is 5.97 Å². The van der Waals surface area contributed by atoms with E-state index in [9.17, 15) is 13.2 Å². The molecule has 0 fully saturated rings. The number of hydrogen-bond donors (Lipinski definition) is 2. The fraction of sp³-hybridized carbons (Fsp3) is 0.300. The summed E-state index contributed by atoms with van der Waals surface area (Å²) in [5.74, 6) is -1.21. The number of sulfone groups is 1. The Balaban J connectivity index is 2.41. The molecule has 5 nitrogen and oxygen atoms in total. The van der Waals surface area contributed by atoms with Gasteiger partial charge in [0.05, 0.1) is 28.8 Å². The first-order valence-electron chi connectivity index (χ1n) is 4.89. The van der Waals surface area contributed by atoms with Gasteiger partial charge in [-0.2, -0.15) is 0 Å². The van der Waals surface area contributed by atoms with E-state index in [0.717, 1.165) is 0 Å². The van der Waals surface area contributed by atoms with E-state index in [4.69, 9.17) is 5.11 Å². The van der Waals surface area contributed by atoms with E-state index in [1.807, 2.05) is 0 Å². The molecule has 2 N–H and O–H groups in total. The molecular weight excluding hydrogens is 310 g/mol. The predicted molar refractivity (Wildman–Crippen MR) is 65.9 cm³/mol. The molecule has 0 radical (unpaired) electrons. The smallest absolute Gasteiger partial charge is 0.305 e. The van der Waals surface area contributed by atoms with Gasteiger partial charge in [0.25, 0.3) is 0 Å².